The van der Waals surface area contributed by atoms with Gasteiger partial charge in [0.2, 0.25) is 0 Å². The van der Waals surface area contributed by atoms with E-state index in [2.05, 4.69) is 22.1 Å². The second-order valence-corrected chi connectivity index (χ2v) is 5.07. The average Bonchev–Trinajstić information content (AvgIpc) is 2.26. The van der Waals surface area contributed by atoms with E-state index in [0.717, 1.165) is 23.0 Å². The summed E-state index contributed by atoms with van der Waals surface area (Å²) in [7, 11) is 0. The predicted octanol–water partition coefficient (Wildman–Crippen LogP) is 3.84. The maximum absolute atomic E-state index is 11.3. The molecule has 4 heteroatoms. The molecule has 0 bridgehead atoms. The van der Waals surface area contributed by atoms with E-state index in [1.54, 1.807) is 6.92 Å². The minimum Gasteiger partial charge on any atom is -0.298 e. The lowest BCUT2D eigenvalue weighted by molar-refractivity contribution is 0.112. The molecule has 19 heavy (non-hydrogen) atoms. The van der Waals surface area contributed by atoms with Gasteiger partial charge in [-0.3, -0.25) is 4.79 Å². The van der Waals surface area contributed by atoms with Crippen molar-refractivity contribution < 1.29 is 4.79 Å². The molecule has 0 fully saturated rings. The van der Waals surface area contributed by atoms with E-state index in [1.807, 2.05) is 20.8 Å². The molecule has 0 spiro atoms. The number of aromatic nitrogens is 2. The molecule has 1 aromatic heterocycles. The van der Waals surface area contributed by atoms with E-state index < -0.39 is 0 Å². The monoisotopic (exact) mass is 274 g/mol. The van der Waals surface area contributed by atoms with Gasteiger partial charge in [0.05, 0.1) is 11.3 Å². The summed E-state index contributed by atoms with van der Waals surface area (Å²) in [4.78, 5) is 19.7. The maximum Gasteiger partial charge on any atom is 0.155 e. The van der Waals surface area contributed by atoms with E-state index in [0.29, 0.717) is 17.1 Å². The first-order valence-corrected chi connectivity index (χ1v) is 6.39. The summed E-state index contributed by atoms with van der Waals surface area (Å²) in [5, 5.41) is 0.205. The Labute approximate surface area is 117 Å². The largest absolute Gasteiger partial charge is 0.298 e. The Morgan fingerprint density at radius 1 is 1.05 bits per heavy atom. The fraction of sp³-hybridized carbons (Fsp3) is 0.267. The molecule has 3 nitrogen and oxygen atoms in total. The van der Waals surface area contributed by atoms with Crippen LogP contribution in [0.1, 0.15) is 32.9 Å². The number of hydrogen-bond acceptors (Lipinski definition) is 3. The molecule has 1 aromatic carbocycles. The van der Waals surface area contributed by atoms with Crippen molar-refractivity contribution in [2.75, 3.05) is 0 Å². The number of hydrogen-bond donors (Lipinski definition) is 0. The Morgan fingerprint density at radius 2 is 1.63 bits per heavy atom. The zero-order valence-electron chi connectivity index (χ0n) is 11.4. The van der Waals surface area contributed by atoms with Crippen molar-refractivity contribution >= 4 is 17.9 Å². The molecular formula is C15H15ClN2O. The van der Waals surface area contributed by atoms with Gasteiger partial charge in [0, 0.05) is 5.56 Å². The minimum absolute atomic E-state index is 0.205. The summed E-state index contributed by atoms with van der Waals surface area (Å²) < 4.78 is 0. The molecule has 0 unspecified atom stereocenters. The van der Waals surface area contributed by atoms with Gasteiger partial charge in [-0.15, -0.1) is 0 Å². The van der Waals surface area contributed by atoms with Gasteiger partial charge in [-0.05, 0) is 38.8 Å². The summed E-state index contributed by atoms with van der Waals surface area (Å²) in [6.07, 6.45) is 0.718. The van der Waals surface area contributed by atoms with E-state index in [9.17, 15) is 4.79 Å². The Balaban J connectivity index is 2.82. The predicted molar refractivity (Wildman–Crippen MR) is 76.8 cm³/mol. The number of halogens is 1. The molecule has 0 saturated heterocycles. The van der Waals surface area contributed by atoms with Crippen molar-refractivity contribution in [3.05, 3.63) is 45.4 Å². The second-order valence-electron chi connectivity index (χ2n) is 4.72. The molecule has 0 saturated carbocycles. The Kier molecular flexibility index (Phi) is 3.67. The molecule has 0 aliphatic rings. The van der Waals surface area contributed by atoms with Crippen molar-refractivity contribution in [3.63, 3.8) is 0 Å². The van der Waals surface area contributed by atoms with Crippen LogP contribution < -0.4 is 0 Å². The quantitative estimate of drug-likeness (QED) is 0.617. The third kappa shape index (κ3) is 2.51. The summed E-state index contributed by atoms with van der Waals surface area (Å²) in [5.41, 5.74) is 5.26. The van der Waals surface area contributed by atoms with Crippen molar-refractivity contribution in [2.24, 2.45) is 0 Å². The normalized spacial score (nSPS) is 10.6. The Bertz CT molecular complexity index is 642. The molecule has 0 radical (unpaired) electrons. The van der Waals surface area contributed by atoms with Crippen LogP contribution in [0.2, 0.25) is 5.15 Å². The smallest absolute Gasteiger partial charge is 0.155 e. The van der Waals surface area contributed by atoms with Gasteiger partial charge in [-0.25, -0.2) is 9.97 Å². The first-order chi connectivity index (χ1) is 8.93. The van der Waals surface area contributed by atoms with Crippen LogP contribution in [0.25, 0.3) is 11.3 Å². The fourth-order valence-corrected chi connectivity index (χ4v) is 2.65. The summed E-state index contributed by atoms with van der Waals surface area (Å²) >= 11 is 6.04. The number of benzene rings is 1. The molecule has 1 heterocycles. The molecule has 2 rings (SSSR count). The van der Waals surface area contributed by atoms with Crippen LogP contribution in [-0.4, -0.2) is 16.3 Å². The lowest BCUT2D eigenvalue weighted by Gasteiger charge is -2.13. The van der Waals surface area contributed by atoms with Gasteiger partial charge < -0.3 is 0 Å². The highest BCUT2D eigenvalue weighted by Gasteiger charge is 2.16. The molecule has 0 atom stereocenters. The van der Waals surface area contributed by atoms with Gasteiger partial charge in [0.15, 0.2) is 6.29 Å². The van der Waals surface area contributed by atoms with E-state index in [-0.39, 0.29) is 5.15 Å². The number of aldehydes is 1. The lowest BCUT2D eigenvalue weighted by atomic mass is 9.95. The molecule has 0 aliphatic carbocycles. The number of carbonyl (C=O) groups is 1. The van der Waals surface area contributed by atoms with E-state index in [1.165, 1.54) is 5.56 Å². The van der Waals surface area contributed by atoms with Crippen molar-refractivity contribution in [1.82, 2.24) is 9.97 Å². The van der Waals surface area contributed by atoms with E-state index in [4.69, 9.17) is 11.6 Å². The standard InChI is InChI=1S/C15H15ClN2O/c1-8-5-9(2)13(10(3)6-8)14-12(7-19)15(16)18-11(4)17-14/h5-7H,1-4H3. The zero-order chi connectivity index (χ0) is 14.2. The molecule has 0 amide bonds. The van der Waals surface area contributed by atoms with Crippen LogP contribution in [-0.2, 0) is 0 Å². The first kappa shape index (κ1) is 13.7. The zero-order valence-corrected chi connectivity index (χ0v) is 12.2. The minimum atomic E-state index is 0.205. The van der Waals surface area contributed by atoms with E-state index >= 15 is 0 Å². The van der Waals surface area contributed by atoms with Gasteiger partial charge >= 0.3 is 0 Å². The lowest BCUT2D eigenvalue weighted by Crippen LogP contribution is -2.02. The molecule has 2 aromatic rings. The number of carbonyl (C=O) groups excluding carboxylic acids is 1. The number of nitrogens with zero attached hydrogens (tertiary/aromatic N) is 2. The van der Waals surface area contributed by atoms with Gasteiger partial charge in [-0.1, -0.05) is 29.3 Å². The van der Waals surface area contributed by atoms with Crippen LogP contribution in [0.4, 0.5) is 0 Å². The van der Waals surface area contributed by atoms with Crippen LogP contribution in [0.15, 0.2) is 12.1 Å². The van der Waals surface area contributed by atoms with Gasteiger partial charge in [0.25, 0.3) is 0 Å². The first-order valence-electron chi connectivity index (χ1n) is 6.01. The molecule has 0 N–H and O–H groups in total. The van der Waals surface area contributed by atoms with Crippen LogP contribution in [0.5, 0.6) is 0 Å². The highest BCUT2D eigenvalue weighted by Crippen LogP contribution is 2.31. The van der Waals surface area contributed by atoms with Crippen molar-refractivity contribution in [3.8, 4) is 11.3 Å². The maximum atomic E-state index is 11.3. The molecular weight excluding hydrogens is 260 g/mol. The highest BCUT2D eigenvalue weighted by molar-refractivity contribution is 6.32. The van der Waals surface area contributed by atoms with Crippen LogP contribution in [0, 0.1) is 27.7 Å². The van der Waals surface area contributed by atoms with Gasteiger partial charge in [0.1, 0.15) is 11.0 Å². The molecule has 98 valence electrons. The summed E-state index contributed by atoms with van der Waals surface area (Å²) in [5.74, 6) is 0.560. The van der Waals surface area contributed by atoms with Crippen LogP contribution in [0.3, 0.4) is 0 Å². The summed E-state index contributed by atoms with van der Waals surface area (Å²) in [6, 6.07) is 4.14. The van der Waals surface area contributed by atoms with Crippen LogP contribution >= 0.6 is 11.6 Å². The Morgan fingerprint density at radius 3 is 2.16 bits per heavy atom. The SMILES string of the molecule is Cc1cc(C)c(-c2nc(C)nc(Cl)c2C=O)c(C)c1. The molecule has 0 aliphatic heterocycles. The Hall–Kier alpha value is -1.74. The van der Waals surface area contributed by atoms with Crippen molar-refractivity contribution in [1.29, 1.82) is 0 Å². The summed E-state index contributed by atoms with van der Waals surface area (Å²) in [6.45, 7) is 7.83. The van der Waals surface area contributed by atoms with Gasteiger partial charge in [-0.2, -0.15) is 0 Å². The second kappa shape index (κ2) is 5.10. The number of aryl methyl sites for hydroxylation is 4. The average molecular weight is 275 g/mol. The third-order valence-electron chi connectivity index (χ3n) is 3.04. The topological polar surface area (TPSA) is 42.9 Å². The highest BCUT2D eigenvalue weighted by atomic mass is 35.5. The van der Waals surface area contributed by atoms with Crippen molar-refractivity contribution in [2.45, 2.75) is 27.7 Å². The number of rotatable bonds is 2. The fourth-order valence-electron chi connectivity index (χ4n) is 2.40. The third-order valence-corrected chi connectivity index (χ3v) is 3.33.